The molecule has 11 heterocycles. The highest BCUT2D eigenvalue weighted by molar-refractivity contribution is 5.75. The summed E-state index contributed by atoms with van der Waals surface area (Å²) in [5, 5.41) is 338. The van der Waals surface area contributed by atoms with Gasteiger partial charge in [0, 0.05) is 34.6 Å². The number of carboxylic acids is 1. The number of rotatable bonds is 35. The second-order valence-electron chi connectivity index (χ2n) is 34.6. The van der Waals surface area contributed by atoms with Gasteiger partial charge in [0.1, 0.15) is 256 Å². The van der Waals surface area contributed by atoms with Crippen molar-refractivity contribution in [2.75, 3.05) is 59.5 Å². The first kappa shape index (κ1) is 112. The summed E-state index contributed by atoms with van der Waals surface area (Å²) in [7, 11) is 0. The van der Waals surface area contributed by atoms with Gasteiger partial charge in [0.2, 0.25) is 29.5 Å². The van der Waals surface area contributed by atoms with E-state index in [1.54, 1.807) is 0 Å². The zero-order valence-electron chi connectivity index (χ0n) is 73.6. The number of aliphatic hydroxyl groups is 28. The fourth-order valence-electron chi connectivity index (χ4n) is 17.6. The molecule has 790 valence electrons. The predicted molar refractivity (Wildman–Crippen MR) is 419 cm³/mol. The highest BCUT2D eigenvalue weighted by atomic mass is 16.8. The first-order valence-corrected chi connectivity index (χ1v) is 43.5. The van der Waals surface area contributed by atoms with Crippen molar-refractivity contribution in [1.29, 1.82) is 0 Å². The van der Waals surface area contributed by atoms with E-state index in [1.165, 1.54) is 6.92 Å². The van der Waals surface area contributed by atoms with E-state index in [0.717, 1.165) is 34.6 Å². The van der Waals surface area contributed by atoms with Crippen LogP contribution in [0.15, 0.2) is 0 Å². The average Bonchev–Trinajstić information content (AvgIpc) is 0.760. The summed E-state index contributed by atoms with van der Waals surface area (Å²) < 4.78 is 125. The predicted octanol–water partition coefficient (Wildman–Crippen LogP) is -23.1. The largest absolute Gasteiger partial charge is 0.479 e. The third-order valence-electron chi connectivity index (χ3n) is 24.9. The van der Waals surface area contributed by atoms with Crippen LogP contribution in [-0.2, 0) is 128 Å². The molecule has 0 aliphatic carbocycles. The van der Waals surface area contributed by atoms with Gasteiger partial charge in [0.05, 0.1) is 65.6 Å². The molecule has 11 saturated heterocycles. The van der Waals surface area contributed by atoms with E-state index in [-0.39, 0.29) is 0 Å². The van der Waals surface area contributed by atoms with E-state index < -0.39 is 432 Å². The standard InChI is InChI=1S/C76H125N5O56/c1-16-36(94)47(105)52(110)71(119-16)117-15-30-58(44(102)31(66(116)120-30)77-17(2)89)130-68-33(79-19(4)91)46(104)57(28(13-88)126-68)131-74-55(113)61(42(100)29(128-74)14-118-75-63(49(107)38(96)23(8-83)124-75)136-67-32(78-18(3)90)43(101)37(95)22(7-82)121-67)134-76-64(50(108)39(97)24(9-84)125-76)137-69-34(80-20(5)92)45(103)56(27(12-87)127-69)129-70-35(81-21(6)93)59(40(98)25(10-85)122-70)132-73-54(112)60(41(99)26(11-86)123-73)133-72-53(111)48(106)51(109)62(135-72)65(114)115/h16,22-64,66-76,82-88,94-113,116H,7-15H2,1-6H3,(H,77,89)(H,78,90)(H,79,91)(H,80,92)(H,81,93)(H,114,115)/t16-,22+,23+,24+,25+,26+,27+,28+,29+,30+,31+,32+,33+,34+,35+,36+,37+,38+,39+,40-,41-,42+,43+,44+,45+,46+,47+,48-,49-,50-,51-,52-,53+,54+,55-,56+,57+,58+,59+,60-,61-,62-,63-,64-,66+,67-,68-,69-,70-,71+,72+,73-,74-,75-,76+/m0/s1. The van der Waals surface area contributed by atoms with Crippen LogP contribution in [0.5, 0.6) is 0 Å². The lowest BCUT2D eigenvalue weighted by molar-refractivity contribution is -0.398. The van der Waals surface area contributed by atoms with Gasteiger partial charge in [-0.3, -0.25) is 24.0 Å². The maximum absolute atomic E-state index is 13.4. The highest BCUT2D eigenvalue weighted by Gasteiger charge is 2.63. The van der Waals surface area contributed by atoms with Crippen LogP contribution in [0.1, 0.15) is 41.5 Å². The van der Waals surface area contributed by atoms with Crippen molar-refractivity contribution in [2.24, 2.45) is 0 Å². The Morgan fingerprint density at radius 2 is 0.518 bits per heavy atom. The van der Waals surface area contributed by atoms with Gasteiger partial charge in [-0.15, -0.1) is 0 Å². The van der Waals surface area contributed by atoms with Crippen LogP contribution in [0.2, 0.25) is 0 Å². The summed E-state index contributed by atoms with van der Waals surface area (Å²) in [4.78, 5) is 77.0. The maximum atomic E-state index is 13.4. The summed E-state index contributed by atoms with van der Waals surface area (Å²) in [5.74, 6) is -6.72. The third-order valence-corrected chi connectivity index (χ3v) is 24.9. The summed E-state index contributed by atoms with van der Waals surface area (Å²) in [6.07, 6.45) is -108. The van der Waals surface area contributed by atoms with Gasteiger partial charge in [-0.2, -0.15) is 0 Å². The fraction of sp³-hybridized carbons (Fsp3) is 0.921. The minimum Gasteiger partial charge on any atom is -0.479 e. The molecule has 61 heteroatoms. The Morgan fingerprint density at radius 1 is 0.226 bits per heavy atom. The summed E-state index contributed by atoms with van der Waals surface area (Å²) in [5.41, 5.74) is 0. The topological polar surface area (TPSA) is 943 Å². The molecule has 5 amide bonds. The Labute approximate surface area is 774 Å². The molecule has 0 aromatic carbocycles. The second-order valence-corrected chi connectivity index (χ2v) is 34.6. The lowest BCUT2D eigenvalue weighted by atomic mass is 9.93. The molecule has 0 radical (unpaired) electrons. The van der Waals surface area contributed by atoms with Crippen LogP contribution in [0, 0.1) is 0 Å². The first-order chi connectivity index (χ1) is 64.7. The zero-order valence-corrected chi connectivity index (χ0v) is 73.6. The quantitative estimate of drug-likeness (QED) is 0.0280. The molecule has 137 heavy (non-hydrogen) atoms. The Balaban J connectivity index is 0.907. The van der Waals surface area contributed by atoms with Gasteiger partial charge in [-0.1, -0.05) is 0 Å². The molecular weight excluding hydrogens is 1880 g/mol. The van der Waals surface area contributed by atoms with Crippen molar-refractivity contribution in [3.8, 4) is 0 Å². The smallest absolute Gasteiger partial charge is 0.335 e. The van der Waals surface area contributed by atoms with E-state index in [2.05, 4.69) is 26.6 Å². The van der Waals surface area contributed by atoms with Crippen molar-refractivity contribution in [3.63, 3.8) is 0 Å². The second kappa shape index (κ2) is 48.7. The Bertz CT molecular complexity index is 3860. The number of amides is 5. The molecule has 34 N–H and O–H groups in total. The number of aliphatic hydroxyl groups excluding tert-OH is 28. The van der Waals surface area contributed by atoms with E-state index in [0.29, 0.717) is 0 Å². The van der Waals surface area contributed by atoms with Crippen LogP contribution in [0.3, 0.4) is 0 Å². The van der Waals surface area contributed by atoms with Crippen molar-refractivity contribution in [1.82, 2.24) is 26.6 Å². The molecule has 0 aromatic heterocycles. The molecule has 0 aromatic rings. The number of aliphatic carboxylic acids is 1. The fourth-order valence-corrected chi connectivity index (χ4v) is 17.6. The number of carboxylic acid groups (broad SMARTS) is 1. The van der Waals surface area contributed by atoms with Gasteiger partial charge in [-0.05, 0) is 6.92 Å². The Hall–Kier alpha value is -5.14. The number of carbonyl (C=O) groups is 6. The molecule has 0 bridgehead atoms. The van der Waals surface area contributed by atoms with E-state index in [4.69, 9.17) is 99.5 Å². The maximum Gasteiger partial charge on any atom is 0.335 e. The molecule has 11 rings (SSSR count). The lowest BCUT2D eigenvalue weighted by Crippen LogP contribution is -2.71. The zero-order chi connectivity index (χ0) is 101. The molecule has 0 unspecified atom stereocenters. The van der Waals surface area contributed by atoms with Crippen LogP contribution in [0.25, 0.3) is 0 Å². The summed E-state index contributed by atoms with van der Waals surface area (Å²) in [6.45, 7) is -4.57. The molecule has 11 aliphatic heterocycles. The van der Waals surface area contributed by atoms with Crippen molar-refractivity contribution in [2.45, 2.75) is 379 Å². The van der Waals surface area contributed by atoms with Crippen molar-refractivity contribution < 1.29 is 276 Å². The van der Waals surface area contributed by atoms with Gasteiger partial charge in [0.15, 0.2) is 75.3 Å². The SMILES string of the molecule is CC(=O)N[C@@H]1[C@@H](O)[C@H](O[C@@H]2O[C@H](CO)[C@@H](O[C@@H]3O[C@H](CO[C@H]4O[C@H](CO)[C@@H](O)[C@H](O)[C@@H]4O[C@@H]4O[C@H](CO)[C@@H](O)[C@H](O)[C@H]4NC(C)=O)[C@@H](O)[C@H](O[C@H]4O[C@H](CO)[C@@H](O)[C@H](O)[C@@H]4O[C@@H]4O[C@H](CO)[C@@H](O[C@@H]5O[C@H](CO)[C@H](O)[C@H](O[C@@H]6O[C@H](CO)[C@H](O)[C@H](O[C@@H]7O[C@H](C(=O)O)[C@@H](O)[C@H](O)[C@H]7O)[C@H]6O)[C@H]5NC(C)=O)[C@H](O)[C@H]4NC(C)=O)[C@@H]3O)[C@H](O)[C@H]2NC(C)=O)[C@@H](CO[C@@H]2O[C@@H](C)[C@@H](O)[C@@H](O)[C@@H]2O)O[C@H]1O. The molecule has 11 fully saturated rings. The minimum atomic E-state index is -2.67. The van der Waals surface area contributed by atoms with Gasteiger partial charge >= 0.3 is 5.97 Å². The Morgan fingerprint density at radius 3 is 0.978 bits per heavy atom. The number of ether oxygens (including phenoxy) is 21. The molecule has 0 spiro atoms. The normalized spacial score (nSPS) is 48.9. The van der Waals surface area contributed by atoms with E-state index in [1.807, 2.05) is 0 Å². The van der Waals surface area contributed by atoms with Crippen LogP contribution in [0.4, 0.5) is 0 Å². The van der Waals surface area contributed by atoms with Crippen LogP contribution >= 0.6 is 0 Å². The average molecular weight is 2000 g/mol. The minimum absolute atomic E-state index is 0.860. The van der Waals surface area contributed by atoms with Crippen molar-refractivity contribution in [3.05, 3.63) is 0 Å². The molecule has 55 atom stereocenters. The summed E-state index contributed by atoms with van der Waals surface area (Å²) >= 11 is 0. The van der Waals surface area contributed by atoms with E-state index in [9.17, 15) is 177 Å². The molecule has 61 nitrogen and oxygen atoms in total. The van der Waals surface area contributed by atoms with Crippen molar-refractivity contribution >= 4 is 35.5 Å². The number of carbonyl (C=O) groups excluding carboxylic acids is 5. The third kappa shape index (κ3) is 25.0. The number of nitrogens with one attached hydrogen (secondary N) is 5. The first-order valence-electron chi connectivity index (χ1n) is 43.5. The Kier molecular flexibility index (Phi) is 39.9. The van der Waals surface area contributed by atoms with Gasteiger partial charge in [-0.25, -0.2) is 4.79 Å². The van der Waals surface area contributed by atoms with Crippen LogP contribution in [-0.4, -0.2) is 581 Å². The molecule has 0 saturated carbocycles. The summed E-state index contributed by atoms with van der Waals surface area (Å²) in [6, 6.07) is -9.79. The van der Waals surface area contributed by atoms with E-state index >= 15 is 0 Å². The van der Waals surface area contributed by atoms with Gasteiger partial charge < -0.3 is 274 Å². The lowest BCUT2D eigenvalue weighted by Gasteiger charge is -2.51. The number of hydrogen-bond acceptors (Lipinski definition) is 55. The number of hydrogen-bond donors (Lipinski definition) is 34. The van der Waals surface area contributed by atoms with Gasteiger partial charge in [0.25, 0.3) is 0 Å². The van der Waals surface area contributed by atoms with Crippen LogP contribution < -0.4 is 26.6 Å². The molecular formula is C76H125N5O56. The molecule has 11 aliphatic rings. The highest BCUT2D eigenvalue weighted by Crippen LogP contribution is 2.42. The monoisotopic (exact) mass is 2000 g/mol.